The number of hydrogen-bond acceptors (Lipinski definition) is 3. The Bertz CT molecular complexity index is 703. The Labute approximate surface area is 148 Å². The molecule has 2 aromatic carbocycles. The Hall–Kier alpha value is -2.33. The van der Waals surface area contributed by atoms with E-state index in [2.05, 4.69) is 35.6 Å². The molecule has 25 heavy (non-hydrogen) atoms. The number of benzene rings is 2. The van der Waals surface area contributed by atoms with Gasteiger partial charge in [0.1, 0.15) is 5.75 Å². The second-order valence-corrected chi connectivity index (χ2v) is 6.66. The summed E-state index contributed by atoms with van der Waals surface area (Å²) < 4.78 is 5.43. The molecule has 0 spiro atoms. The number of aliphatic carboxylic acids is 1. The van der Waals surface area contributed by atoms with Gasteiger partial charge in [0, 0.05) is 18.2 Å². The monoisotopic (exact) mass is 339 g/mol. The Morgan fingerprint density at radius 3 is 2.40 bits per heavy atom. The third-order valence-corrected chi connectivity index (χ3v) is 5.04. The molecule has 0 aliphatic heterocycles. The highest BCUT2D eigenvalue weighted by atomic mass is 16.5. The van der Waals surface area contributed by atoms with Crippen LogP contribution in [-0.4, -0.2) is 24.2 Å². The minimum Gasteiger partial charge on any atom is -0.496 e. The van der Waals surface area contributed by atoms with E-state index in [1.165, 1.54) is 5.56 Å². The van der Waals surface area contributed by atoms with Crippen LogP contribution in [0.2, 0.25) is 0 Å². The van der Waals surface area contributed by atoms with Gasteiger partial charge in [0.25, 0.3) is 0 Å². The Kier molecular flexibility index (Phi) is 5.71. The van der Waals surface area contributed by atoms with Crippen LogP contribution in [-0.2, 0) is 11.3 Å². The Balaban J connectivity index is 1.56. The van der Waals surface area contributed by atoms with Gasteiger partial charge >= 0.3 is 5.97 Å². The fraction of sp³-hybridized carbons (Fsp3) is 0.381. The highest BCUT2D eigenvalue weighted by Crippen LogP contribution is 2.29. The molecule has 1 aliphatic carbocycles. The molecule has 0 unspecified atom stereocenters. The fourth-order valence-corrected chi connectivity index (χ4v) is 3.49. The van der Waals surface area contributed by atoms with E-state index in [1.54, 1.807) is 7.11 Å². The Morgan fingerprint density at radius 1 is 1.08 bits per heavy atom. The van der Waals surface area contributed by atoms with Crippen molar-refractivity contribution in [3.8, 4) is 16.9 Å². The predicted octanol–water partition coefficient (Wildman–Crippen LogP) is 4.10. The van der Waals surface area contributed by atoms with Gasteiger partial charge in [-0.05, 0) is 42.9 Å². The smallest absolute Gasteiger partial charge is 0.306 e. The van der Waals surface area contributed by atoms with E-state index >= 15 is 0 Å². The van der Waals surface area contributed by atoms with Crippen molar-refractivity contribution >= 4 is 5.97 Å². The van der Waals surface area contributed by atoms with Gasteiger partial charge < -0.3 is 15.2 Å². The molecule has 2 N–H and O–H groups in total. The van der Waals surface area contributed by atoms with Crippen LogP contribution in [0, 0.1) is 5.92 Å². The van der Waals surface area contributed by atoms with E-state index in [9.17, 15) is 4.79 Å². The number of nitrogens with one attached hydrogen (secondary N) is 1. The van der Waals surface area contributed by atoms with Crippen LogP contribution in [0.25, 0.3) is 11.1 Å². The molecular formula is C21H25NO3. The molecule has 0 atom stereocenters. The number of para-hydroxylation sites is 1. The lowest BCUT2D eigenvalue weighted by Crippen LogP contribution is -2.34. The zero-order chi connectivity index (χ0) is 17.6. The summed E-state index contributed by atoms with van der Waals surface area (Å²) in [5.41, 5.74) is 3.47. The van der Waals surface area contributed by atoms with Gasteiger partial charge in [-0.3, -0.25) is 4.79 Å². The molecule has 4 heteroatoms. The van der Waals surface area contributed by atoms with Gasteiger partial charge in [-0.15, -0.1) is 0 Å². The Morgan fingerprint density at radius 2 is 1.76 bits per heavy atom. The lowest BCUT2D eigenvalue weighted by atomic mass is 9.86. The average Bonchev–Trinajstić information content (AvgIpc) is 2.67. The SMILES string of the molecule is COc1ccccc1-c1ccc(CNC2CCC(C(=O)O)CC2)cc1. The van der Waals surface area contributed by atoms with E-state index in [1.807, 2.05) is 18.2 Å². The summed E-state index contributed by atoms with van der Waals surface area (Å²) in [5, 5.41) is 12.6. The molecule has 0 radical (unpaired) electrons. The summed E-state index contributed by atoms with van der Waals surface area (Å²) >= 11 is 0. The lowest BCUT2D eigenvalue weighted by molar-refractivity contribution is -0.142. The van der Waals surface area contributed by atoms with Crippen LogP contribution in [0.4, 0.5) is 0 Å². The van der Waals surface area contributed by atoms with Crippen LogP contribution < -0.4 is 10.1 Å². The number of hydrogen-bond donors (Lipinski definition) is 2. The maximum Gasteiger partial charge on any atom is 0.306 e. The number of carboxylic acids is 1. The van der Waals surface area contributed by atoms with Gasteiger partial charge in [-0.2, -0.15) is 0 Å². The van der Waals surface area contributed by atoms with Crippen LogP contribution >= 0.6 is 0 Å². The normalized spacial score (nSPS) is 20.2. The summed E-state index contributed by atoms with van der Waals surface area (Å²) in [7, 11) is 1.69. The first-order chi connectivity index (χ1) is 12.2. The zero-order valence-corrected chi connectivity index (χ0v) is 14.6. The maximum absolute atomic E-state index is 11.0. The third kappa shape index (κ3) is 4.40. The second-order valence-electron chi connectivity index (χ2n) is 6.66. The van der Waals surface area contributed by atoms with Gasteiger partial charge in [-0.1, -0.05) is 42.5 Å². The standard InChI is InChI=1S/C21H25NO3/c1-25-20-5-3-2-4-19(20)16-8-6-15(7-9-16)14-22-18-12-10-17(11-13-18)21(23)24/h2-9,17-18,22H,10-14H2,1H3,(H,23,24). The van der Waals surface area contributed by atoms with E-state index in [4.69, 9.17) is 9.84 Å². The summed E-state index contributed by atoms with van der Waals surface area (Å²) in [5.74, 6) is 0.0760. The van der Waals surface area contributed by atoms with Crippen molar-refractivity contribution in [2.24, 2.45) is 5.92 Å². The molecule has 3 rings (SSSR count). The van der Waals surface area contributed by atoms with Crippen molar-refractivity contribution < 1.29 is 14.6 Å². The summed E-state index contributed by atoms with van der Waals surface area (Å²) in [4.78, 5) is 11.0. The van der Waals surface area contributed by atoms with Crippen LogP contribution in [0.3, 0.4) is 0 Å². The fourth-order valence-electron chi connectivity index (χ4n) is 3.49. The molecule has 1 fully saturated rings. The summed E-state index contributed by atoms with van der Waals surface area (Å²) in [6.45, 7) is 0.814. The zero-order valence-electron chi connectivity index (χ0n) is 14.6. The van der Waals surface area contributed by atoms with E-state index < -0.39 is 5.97 Å². The van der Waals surface area contributed by atoms with E-state index in [0.717, 1.165) is 49.1 Å². The highest BCUT2D eigenvalue weighted by molar-refractivity contribution is 5.70. The van der Waals surface area contributed by atoms with Gasteiger partial charge in [0.15, 0.2) is 0 Å². The van der Waals surface area contributed by atoms with Gasteiger partial charge in [0.2, 0.25) is 0 Å². The maximum atomic E-state index is 11.0. The number of carboxylic acid groups (broad SMARTS) is 1. The predicted molar refractivity (Wildman–Crippen MR) is 98.7 cm³/mol. The quantitative estimate of drug-likeness (QED) is 0.832. The van der Waals surface area contributed by atoms with Crippen molar-refractivity contribution in [1.29, 1.82) is 0 Å². The van der Waals surface area contributed by atoms with Crippen molar-refractivity contribution in [1.82, 2.24) is 5.32 Å². The molecule has 132 valence electrons. The minimum absolute atomic E-state index is 0.154. The second kappa shape index (κ2) is 8.17. The van der Waals surface area contributed by atoms with E-state index in [0.29, 0.717) is 6.04 Å². The van der Waals surface area contributed by atoms with Gasteiger partial charge in [0.05, 0.1) is 13.0 Å². The molecule has 1 saturated carbocycles. The molecule has 4 nitrogen and oxygen atoms in total. The first kappa shape index (κ1) is 17.5. The molecular weight excluding hydrogens is 314 g/mol. The topological polar surface area (TPSA) is 58.6 Å². The molecule has 0 aromatic heterocycles. The van der Waals surface area contributed by atoms with Crippen LogP contribution in [0.1, 0.15) is 31.2 Å². The number of ether oxygens (including phenoxy) is 1. The van der Waals surface area contributed by atoms with Crippen molar-refractivity contribution in [3.05, 3.63) is 54.1 Å². The first-order valence-electron chi connectivity index (χ1n) is 8.86. The van der Waals surface area contributed by atoms with Gasteiger partial charge in [-0.25, -0.2) is 0 Å². The molecule has 0 amide bonds. The summed E-state index contributed by atoms with van der Waals surface area (Å²) in [6, 6.07) is 17.0. The minimum atomic E-state index is -0.648. The largest absolute Gasteiger partial charge is 0.496 e. The average molecular weight is 339 g/mol. The van der Waals surface area contributed by atoms with Crippen molar-refractivity contribution in [2.75, 3.05) is 7.11 Å². The van der Waals surface area contributed by atoms with Crippen molar-refractivity contribution in [2.45, 2.75) is 38.3 Å². The number of rotatable bonds is 6. The molecule has 0 bridgehead atoms. The van der Waals surface area contributed by atoms with Crippen LogP contribution in [0.15, 0.2) is 48.5 Å². The van der Waals surface area contributed by atoms with E-state index in [-0.39, 0.29) is 5.92 Å². The summed E-state index contributed by atoms with van der Waals surface area (Å²) in [6.07, 6.45) is 3.44. The lowest BCUT2D eigenvalue weighted by Gasteiger charge is -2.27. The number of carbonyl (C=O) groups is 1. The third-order valence-electron chi connectivity index (χ3n) is 5.04. The number of methoxy groups -OCH3 is 1. The first-order valence-corrected chi connectivity index (χ1v) is 8.86. The molecule has 1 aliphatic rings. The molecule has 0 heterocycles. The highest BCUT2D eigenvalue weighted by Gasteiger charge is 2.25. The molecule has 0 saturated heterocycles. The molecule has 2 aromatic rings. The van der Waals surface area contributed by atoms with Crippen LogP contribution in [0.5, 0.6) is 5.75 Å². The van der Waals surface area contributed by atoms with Crippen molar-refractivity contribution in [3.63, 3.8) is 0 Å².